The third-order valence-electron chi connectivity index (χ3n) is 4.07. The molecular formula is C21H26O4. The van der Waals surface area contributed by atoms with E-state index in [-0.39, 0.29) is 5.75 Å². The largest absolute Gasteiger partial charge is 0.508 e. The van der Waals surface area contributed by atoms with E-state index in [2.05, 4.69) is 13.8 Å². The first-order chi connectivity index (χ1) is 11.8. The van der Waals surface area contributed by atoms with Crippen LogP contribution in [0.1, 0.15) is 44.7 Å². The van der Waals surface area contributed by atoms with Crippen LogP contribution in [0.15, 0.2) is 48.5 Å². The summed E-state index contributed by atoms with van der Waals surface area (Å²) in [4.78, 5) is 12.5. The lowest BCUT2D eigenvalue weighted by Crippen LogP contribution is -2.45. The number of benzene rings is 2. The molecule has 0 aromatic heterocycles. The maximum atomic E-state index is 12.5. The van der Waals surface area contributed by atoms with Crippen LogP contribution < -0.4 is 4.74 Å². The Bertz CT molecular complexity index is 689. The number of ether oxygens (including phenoxy) is 2. The van der Waals surface area contributed by atoms with Crippen molar-refractivity contribution < 1.29 is 19.4 Å². The Morgan fingerprint density at radius 3 is 2.20 bits per heavy atom. The van der Waals surface area contributed by atoms with Gasteiger partial charge in [0.15, 0.2) is 0 Å². The molecule has 4 nitrogen and oxygen atoms in total. The van der Waals surface area contributed by atoms with Crippen LogP contribution in [0.25, 0.3) is 0 Å². The highest BCUT2D eigenvalue weighted by molar-refractivity contribution is 5.80. The minimum absolute atomic E-state index is 0.187. The second-order valence-electron chi connectivity index (χ2n) is 6.62. The van der Waals surface area contributed by atoms with Gasteiger partial charge in [0.05, 0.1) is 6.61 Å². The van der Waals surface area contributed by atoms with Gasteiger partial charge in [0, 0.05) is 6.42 Å². The van der Waals surface area contributed by atoms with Crippen LogP contribution in [0.2, 0.25) is 0 Å². The summed E-state index contributed by atoms with van der Waals surface area (Å²) in [5.41, 5.74) is 0.947. The molecule has 1 N–H and O–H groups in total. The molecular weight excluding hydrogens is 316 g/mol. The van der Waals surface area contributed by atoms with E-state index >= 15 is 0 Å². The molecule has 0 saturated carbocycles. The lowest BCUT2D eigenvalue weighted by atomic mass is 9.96. The highest BCUT2D eigenvalue weighted by Gasteiger charge is 2.37. The lowest BCUT2D eigenvalue weighted by molar-refractivity contribution is -0.160. The summed E-state index contributed by atoms with van der Waals surface area (Å²) < 4.78 is 11.3. The van der Waals surface area contributed by atoms with Gasteiger partial charge in [-0.25, -0.2) is 4.79 Å². The summed E-state index contributed by atoms with van der Waals surface area (Å²) in [5, 5.41) is 9.43. The number of esters is 1. The van der Waals surface area contributed by atoms with E-state index in [0.29, 0.717) is 24.7 Å². The van der Waals surface area contributed by atoms with Crippen LogP contribution in [0.3, 0.4) is 0 Å². The topological polar surface area (TPSA) is 55.8 Å². The van der Waals surface area contributed by atoms with Gasteiger partial charge in [0.2, 0.25) is 5.60 Å². The molecule has 2 aromatic carbocycles. The molecule has 0 spiro atoms. The third kappa shape index (κ3) is 4.99. The molecule has 1 atom stereocenters. The molecule has 0 heterocycles. The van der Waals surface area contributed by atoms with E-state index in [1.807, 2.05) is 24.3 Å². The van der Waals surface area contributed by atoms with E-state index in [0.717, 1.165) is 5.56 Å². The first-order valence-electron chi connectivity index (χ1n) is 8.58. The summed E-state index contributed by atoms with van der Waals surface area (Å²) in [6.45, 7) is 8.05. The van der Waals surface area contributed by atoms with Gasteiger partial charge >= 0.3 is 5.97 Å². The minimum Gasteiger partial charge on any atom is -0.508 e. The Labute approximate surface area is 149 Å². The standard InChI is InChI=1S/C21H26O4/c1-5-24-20(23)21(4,14-16-6-10-18(22)11-7-16)25-19-12-8-17(9-13-19)15(2)3/h6-13,15,22H,5,14H2,1-4H3. The molecule has 0 aliphatic carbocycles. The molecule has 4 heteroatoms. The molecule has 1 unspecified atom stereocenters. The van der Waals surface area contributed by atoms with Gasteiger partial charge in [-0.1, -0.05) is 38.1 Å². The van der Waals surface area contributed by atoms with Crippen LogP contribution >= 0.6 is 0 Å². The van der Waals surface area contributed by atoms with Crippen LogP contribution in [-0.2, 0) is 16.0 Å². The van der Waals surface area contributed by atoms with Gasteiger partial charge in [-0.3, -0.25) is 0 Å². The van der Waals surface area contributed by atoms with Crippen LogP contribution in [0, 0.1) is 0 Å². The number of aromatic hydroxyl groups is 1. The lowest BCUT2D eigenvalue weighted by Gasteiger charge is -2.28. The zero-order valence-corrected chi connectivity index (χ0v) is 15.3. The molecule has 0 aliphatic rings. The molecule has 0 radical (unpaired) electrons. The fourth-order valence-electron chi connectivity index (χ4n) is 2.62. The second kappa shape index (κ2) is 8.06. The van der Waals surface area contributed by atoms with Gasteiger partial charge in [-0.2, -0.15) is 0 Å². The number of carbonyl (C=O) groups excluding carboxylic acids is 1. The quantitative estimate of drug-likeness (QED) is 0.755. The first kappa shape index (κ1) is 18.8. The zero-order chi connectivity index (χ0) is 18.4. The molecule has 2 aromatic rings. The molecule has 0 bridgehead atoms. The monoisotopic (exact) mass is 342 g/mol. The van der Waals surface area contributed by atoms with E-state index in [1.54, 1.807) is 38.1 Å². The predicted molar refractivity (Wildman–Crippen MR) is 98.0 cm³/mol. The van der Waals surface area contributed by atoms with Crippen molar-refractivity contribution >= 4 is 5.97 Å². The fourth-order valence-corrected chi connectivity index (χ4v) is 2.62. The number of phenolic OH excluding ortho intramolecular Hbond substituents is 1. The van der Waals surface area contributed by atoms with Crippen LogP contribution in [0.4, 0.5) is 0 Å². The Morgan fingerprint density at radius 2 is 1.68 bits per heavy atom. The summed E-state index contributed by atoms with van der Waals surface area (Å²) in [6, 6.07) is 14.5. The Hall–Kier alpha value is -2.49. The molecule has 0 fully saturated rings. The summed E-state index contributed by atoms with van der Waals surface area (Å²) in [6.07, 6.45) is 0.345. The van der Waals surface area contributed by atoms with E-state index in [9.17, 15) is 9.90 Å². The first-order valence-corrected chi connectivity index (χ1v) is 8.58. The van der Waals surface area contributed by atoms with Gasteiger partial charge in [-0.05, 0) is 55.2 Å². The van der Waals surface area contributed by atoms with Crippen molar-refractivity contribution in [2.45, 2.75) is 45.6 Å². The Kier molecular flexibility index (Phi) is 6.07. The number of hydrogen-bond donors (Lipinski definition) is 1. The van der Waals surface area contributed by atoms with Gasteiger partial charge < -0.3 is 14.6 Å². The molecule has 134 valence electrons. The van der Waals surface area contributed by atoms with Crippen molar-refractivity contribution in [3.8, 4) is 11.5 Å². The van der Waals surface area contributed by atoms with Gasteiger partial charge in [0.1, 0.15) is 11.5 Å². The van der Waals surface area contributed by atoms with Crippen molar-refractivity contribution in [1.82, 2.24) is 0 Å². The smallest absolute Gasteiger partial charge is 0.350 e. The van der Waals surface area contributed by atoms with Crippen molar-refractivity contribution in [1.29, 1.82) is 0 Å². The Balaban J connectivity index is 2.24. The third-order valence-corrected chi connectivity index (χ3v) is 4.07. The average Bonchev–Trinajstić information content (AvgIpc) is 2.57. The SMILES string of the molecule is CCOC(=O)C(C)(Cc1ccc(O)cc1)Oc1ccc(C(C)C)cc1. The molecule has 0 amide bonds. The fraction of sp³-hybridized carbons (Fsp3) is 0.381. The van der Waals surface area contributed by atoms with Crippen molar-refractivity contribution in [2.75, 3.05) is 6.61 Å². The highest BCUT2D eigenvalue weighted by Crippen LogP contribution is 2.26. The molecule has 25 heavy (non-hydrogen) atoms. The number of rotatable bonds is 7. The normalized spacial score (nSPS) is 13.3. The number of phenols is 1. The van der Waals surface area contributed by atoms with E-state index in [4.69, 9.17) is 9.47 Å². The summed E-state index contributed by atoms with van der Waals surface area (Å²) in [7, 11) is 0. The molecule has 2 rings (SSSR count). The van der Waals surface area contributed by atoms with Gasteiger partial charge in [0.25, 0.3) is 0 Å². The second-order valence-corrected chi connectivity index (χ2v) is 6.62. The van der Waals surface area contributed by atoms with E-state index < -0.39 is 11.6 Å². The van der Waals surface area contributed by atoms with Gasteiger partial charge in [-0.15, -0.1) is 0 Å². The van der Waals surface area contributed by atoms with Crippen LogP contribution in [0.5, 0.6) is 11.5 Å². The maximum absolute atomic E-state index is 12.5. The highest BCUT2D eigenvalue weighted by atomic mass is 16.6. The van der Waals surface area contributed by atoms with Crippen molar-refractivity contribution in [3.63, 3.8) is 0 Å². The number of hydrogen-bond acceptors (Lipinski definition) is 4. The van der Waals surface area contributed by atoms with Crippen molar-refractivity contribution in [2.24, 2.45) is 0 Å². The van der Waals surface area contributed by atoms with E-state index in [1.165, 1.54) is 5.56 Å². The summed E-state index contributed by atoms with van der Waals surface area (Å²) >= 11 is 0. The Morgan fingerprint density at radius 1 is 1.08 bits per heavy atom. The van der Waals surface area contributed by atoms with Crippen LogP contribution in [-0.4, -0.2) is 23.3 Å². The summed E-state index contributed by atoms with van der Waals surface area (Å²) in [5.74, 6) is 0.837. The number of carbonyl (C=O) groups is 1. The zero-order valence-electron chi connectivity index (χ0n) is 15.3. The maximum Gasteiger partial charge on any atom is 0.350 e. The molecule has 0 saturated heterocycles. The average molecular weight is 342 g/mol. The minimum atomic E-state index is -1.15. The predicted octanol–water partition coefficient (Wildman–Crippen LogP) is 4.46. The molecule has 0 aliphatic heterocycles. The van der Waals surface area contributed by atoms with Crippen molar-refractivity contribution in [3.05, 3.63) is 59.7 Å².